The largest absolute Gasteiger partial charge is 0.481 e. The molecule has 1 aromatic heterocycles. The zero-order valence-electron chi connectivity index (χ0n) is 9.81. The standard InChI is InChI=1S/C12H15N3O2/c1-8-12-9(7-11(16)17)3-2-4-10(12)15(14-8)6-5-13/h9H,2-4,6-7H2,1H3,(H,16,17). The number of hydrogen-bond acceptors (Lipinski definition) is 3. The van der Waals surface area contributed by atoms with Gasteiger partial charge < -0.3 is 5.11 Å². The van der Waals surface area contributed by atoms with E-state index >= 15 is 0 Å². The molecule has 1 N–H and O–H groups in total. The Balaban J connectivity index is 2.38. The van der Waals surface area contributed by atoms with Crippen molar-refractivity contribution in [2.24, 2.45) is 0 Å². The lowest BCUT2D eigenvalue weighted by Gasteiger charge is -2.22. The van der Waals surface area contributed by atoms with Crippen molar-refractivity contribution < 1.29 is 9.90 Å². The van der Waals surface area contributed by atoms with E-state index in [2.05, 4.69) is 11.2 Å². The third-order valence-corrected chi connectivity index (χ3v) is 3.30. The molecule has 5 nitrogen and oxygen atoms in total. The number of nitrogens with zero attached hydrogens (tertiary/aromatic N) is 3. The minimum Gasteiger partial charge on any atom is -0.481 e. The smallest absolute Gasteiger partial charge is 0.303 e. The summed E-state index contributed by atoms with van der Waals surface area (Å²) in [5.74, 6) is -0.709. The third kappa shape index (κ3) is 2.16. The maximum absolute atomic E-state index is 10.8. The van der Waals surface area contributed by atoms with Crippen molar-refractivity contribution in [1.82, 2.24) is 9.78 Å². The van der Waals surface area contributed by atoms with E-state index in [9.17, 15) is 4.79 Å². The van der Waals surface area contributed by atoms with Crippen molar-refractivity contribution >= 4 is 5.97 Å². The number of carboxylic acid groups (broad SMARTS) is 1. The van der Waals surface area contributed by atoms with Gasteiger partial charge in [-0.15, -0.1) is 0 Å². The Morgan fingerprint density at radius 3 is 3.12 bits per heavy atom. The molecule has 1 aliphatic rings. The van der Waals surface area contributed by atoms with Crippen molar-refractivity contribution in [3.8, 4) is 6.07 Å². The number of aryl methyl sites for hydroxylation is 1. The van der Waals surface area contributed by atoms with E-state index in [1.165, 1.54) is 0 Å². The van der Waals surface area contributed by atoms with Crippen LogP contribution in [0.15, 0.2) is 0 Å². The molecule has 1 unspecified atom stereocenters. The van der Waals surface area contributed by atoms with Gasteiger partial charge >= 0.3 is 5.97 Å². The van der Waals surface area contributed by atoms with Crippen LogP contribution < -0.4 is 0 Å². The van der Waals surface area contributed by atoms with Gasteiger partial charge in [0, 0.05) is 5.69 Å². The first-order chi connectivity index (χ1) is 8.13. The van der Waals surface area contributed by atoms with Gasteiger partial charge in [-0.25, -0.2) is 0 Å². The van der Waals surface area contributed by atoms with Crippen LogP contribution in [-0.4, -0.2) is 20.9 Å². The Hall–Kier alpha value is -1.83. The van der Waals surface area contributed by atoms with E-state index in [1.807, 2.05) is 6.92 Å². The van der Waals surface area contributed by atoms with Crippen molar-refractivity contribution in [2.75, 3.05) is 0 Å². The van der Waals surface area contributed by atoms with E-state index in [4.69, 9.17) is 10.4 Å². The Morgan fingerprint density at radius 2 is 2.47 bits per heavy atom. The maximum Gasteiger partial charge on any atom is 0.303 e. The van der Waals surface area contributed by atoms with Crippen LogP contribution in [-0.2, 0) is 17.8 Å². The number of carbonyl (C=O) groups is 1. The van der Waals surface area contributed by atoms with Crippen molar-refractivity contribution in [1.29, 1.82) is 5.26 Å². The lowest BCUT2D eigenvalue weighted by molar-refractivity contribution is -0.137. The minimum absolute atomic E-state index is 0.0590. The summed E-state index contributed by atoms with van der Waals surface area (Å²) in [5.41, 5.74) is 3.00. The fourth-order valence-electron chi connectivity index (χ4n) is 2.71. The van der Waals surface area contributed by atoms with E-state index in [0.717, 1.165) is 36.2 Å². The molecular formula is C12H15N3O2. The monoisotopic (exact) mass is 233 g/mol. The van der Waals surface area contributed by atoms with Crippen LogP contribution >= 0.6 is 0 Å². The molecule has 1 aromatic rings. The van der Waals surface area contributed by atoms with Gasteiger partial charge in [-0.1, -0.05) is 0 Å². The molecule has 0 amide bonds. The van der Waals surface area contributed by atoms with Gasteiger partial charge in [0.25, 0.3) is 0 Å². The second-order valence-corrected chi connectivity index (χ2v) is 4.45. The Kier molecular flexibility index (Phi) is 3.14. The fourth-order valence-corrected chi connectivity index (χ4v) is 2.71. The first-order valence-electron chi connectivity index (χ1n) is 5.78. The zero-order chi connectivity index (χ0) is 12.4. The fraction of sp³-hybridized carbons (Fsp3) is 0.583. The van der Waals surface area contributed by atoms with Crippen LogP contribution in [0.5, 0.6) is 0 Å². The molecule has 5 heteroatoms. The van der Waals surface area contributed by atoms with Crippen molar-refractivity contribution in [3.63, 3.8) is 0 Å². The molecule has 0 saturated heterocycles. The highest BCUT2D eigenvalue weighted by Crippen LogP contribution is 2.36. The van der Waals surface area contributed by atoms with Gasteiger partial charge in [-0.05, 0) is 37.7 Å². The summed E-state index contributed by atoms with van der Waals surface area (Å²) >= 11 is 0. The summed E-state index contributed by atoms with van der Waals surface area (Å²) in [7, 11) is 0. The molecular weight excluding hydrogens is 218 g/mol. The number of fused-ring (bicyclic) bond motifs is 1. The Labute approximate surface area is 99.7 Å². The summed E-state index contributed by atoms with van der Waals surface area (Å²) in [4.78, 5) is 10.8. The SMILES string of the molecule is Cc1nn(CC#N)c2c1C(CC(=O)O)CCC2. The predicted molar refractivity (Wildman–Crippen MR) is 60.5 cm³/mol. The average molecular weight is 233 g/mol. The molecule has 17 heavy (non-hydrogen) atoms. The molecule has 0 spiro atoms. The Bertz CT molecular complexity index is 485. The number of rotatable bonds is 3. The van der Waals surface area contributed by atoms with E-state index in [-0.39, 0.29) is 18.9 Å². The summed E-state index contributed by atoms with van der Waals surface area (Å²) in [6.45, 7) is 2.14. The molecule has 2 rings (SSSR count). The number of aliphatic carboxylic acids is 1. The number of carboxylic acids is 1. The van der Waals surface area contributed by atoms with Crippen molar-refractivity contribution in [3.05, 3.63) is 17.0 Å². The van der Waals surface area contributed by atoms with Crippen LogP contribution in [0.3, 0.4) is 0 Å². The average Bonchev–Trinajstić information content (AvgIpc) is 2.57. The van der Waals surface area contributed by atoms with Crippen LogP contribution in [0.2, 0.25) is 0 Å². The Morgan fingerprint density at radius 1 is 1.71 bits per heavy atom. The van der Waals surface area contributed by atoms with Crippen LogP contribution in [0.1, 0.15) is 42.1 Å². The number of hydrogen-bond donors (Lipinski definition) is 1. The third-order valence-electron chi connectivity index (χ3n) is 3.30. The molecule has 0 bridgehead atoms. The van der Waals surface area contributed by atoms with E-state index < -0.39 is 5.97 Å². The van der Waals surface area contributed by atoms with Crippen molar-refractivity contribution in [2.45, 2.75) is 45.1 Å². The highest BCUT2D eigenvalue weighted by Gasteiger charge is 2.28. The first-order valence-corrected chi connectivity index (χ1v) is 5.78. The lowest BCUT2D eigenvalue weighted by Crippen LogP contribution is -2.15. The van der Waals surface area contributed by atoms with Crippen LogP contribution in [0.4, 0.5) is 0 Å². The van der Waals surface area contributed by atoms with Crippen LogP contribution in [0.25, 0.3) is 0 Å². The second kappa shape index (κ2) is 4.58. The van der Waals surface area contributed by atoms with Gasteiger partial charge in [0.1, 0.15) is 6.54 Å². The first kappa shape index (κ1) is 11.6. The molecule has 0 fully saturated rings. The van der Waals surface area contributed by atoms with Gasteiger partial charge in [0.05, 0.1) is 18.2 Å². The highest BCUT2D eigenvalue weighted by molar-refractivity contribution is 5.68. The summed E-state index contributed by atoms with van der Waals surface area (Å²) in [6, 6.07) is 2.09. The maximum atomic E-state index is 10.8. The predicted octanol–water partition coefficient (Wildman–Crippen LogP) is 1.61. The van der Waals surface area contributed by atoms with Crippen LogP contribution in [0, 0.1) is 18.3 Å². The number of aromatic nitrogens is 2. The van der Waals surface area contributed by atoms with Gasteiger partial charge in [-0.2, -0.15) is 10.4 Å². The molecule has 0 aromatic carbocycles. The summed E-state index contributed by atoms with van der Waals surface area (Å²) < 4.78 is 1.72. The summed E-state index contributed by atoms with van der Waals surface area (Å²) in [5, 5.41) is 22.0. The van der Waals surface area contributed by atoms with E-state index in [1.54, 1.807) is 4.68 Å². The number of nitriles is 1. The lowest BCUT2D eigenvalue weighted by atomic mass is 9.83. The molecule has 0 radical (unpaired) electrons. The second-order valence-electron chi connectivity index (χ2n) is 4.45. The summed E-state index contributed by atoms with van der Waals surface area (Å²) in [6.07, 6.45) is 2.93. The normalized spacial score (nSPS) is 18.5. The molecule has 90 valence electrons. The van der Waals surface area contributed by atoms with Gasteiger partial charge in [-0.3, -0.25) is 9.48 Å². The van der Waals surface area contributed by atoms with E-state index in [0.29, 0.717) is 0 Å². The molecule has 1 heterocycles. The molecule has 0 saturated carbocycles. The molecule has 1 aliphatic carbocycles. The van der Waals surface area contributed by atoms with Gasteiger partial charge in [0.15, 0.2) is 0 Å². The highest BCUT2D eigenvalue weighted by atomic mass is 16.4. The topological polar surface area (TPSA) is 78.9 Å². The zero-order valence-corrected chi connectivity index (χ0v) is 9.81. The minimum atomic E-state index is -0.768. The van der Waals surface area contributed by atoms with Gasteiger partial charge in [0.2, 0.25) is 0 Å². The molecule has 0 aliphatic heterocycles. The molecule has 1 atom stereocenters. The quantitative estimate of drug-likeness (QED) is 0.860.